The average Bonchev–Trinajstić information content (AvgIpc) is 3.09. The van der Waals surface area contributed by atoms with Crippen molar-refractivity contribution in [1.82, 2.24) is 14.5 Å². The Balaban J connectivity index is 1.74. The number of aldehydes is 1. The van der Waals surface area contributed by atoms with Crippen molar-refractivity contribution in [2.24, 2.45) is 5.73 Å². The summed E-state index contributed by atoms with van der Waals surface area (Å²) in [5.41, 5.74) is 8.42. The van der Waals surface area contributed by atoms with Crippen LogP contribution in [0.2, 0.25) is 0 Å². The monoisotopic (exact) mass is 439 g/mol. The summed E-state index contributed by atoms with van der Waals surface area (Å²) in [5, 5.41) is 3.42. The molecule has 4 rings (SSSR count). The summed E-state index contributed by atoms with van der Waals surface area (Å²) in [7, 11) is 0. The summed E-state index contributed by atoms with van der Waals surface area (Å²) >= 11 is 0. The zero-order chi connectivity index (χ0) is 23.0. The minimum atomic E-state index is -0.932. The van der Waals surface area contributed by atoms with Crippen molar-refractivity contribution in [3.63, 3.8) is 0 Å². The third-order valence-electron chi connectivity index (χ3n) is 5.70. The number of fused-ring (bicyclic) bond motifs is 1. The Morgan fingerprint density at radius 2 is 1.81 bits per heavy atom. The summed E-state index contributed by atoms with van der Waals surface area (Å²) in [6, 6.07) is 9.71. The van der Waals surface area contributed by atoms with Crippen molar-refractivity contribution < 1.29 is 13.6 Å². The second-order valence-electron chi connectivity index (χ2n) is 8.77. The molecule has 168 valence electrons. The summed E-state index contributed by atoms with van der Waals surface area (Å²) in [6.45, 7) is 7.45. The number of aromatic nitrogens is 2. The zero-order valence-corrected chi connectivity index (χ0v) is 18.5. The maximum atomic E-state index is 14.1. The van der Waals surface area contributed by atoms with E-state index in [0.717, 1.165) is 29.2 Å². The molecule has 1 unspecified atom stereocenters. The van der Waals surface area contributed by atoms with Crippen LogP contribution in [-0.2, 0) is 17.9 Å². The fourth-order valence-electron chi connectivity index (χ4n) is 4.13. The lowest BCUT2D eigenvalue weighted by Gasteiger charge is -2.32. The van der Waals surface area contributed by atoms with E-state index in [0.29, 0.717) is 43.0 Å². The molecule has 3 aromatic rings. The Kier molecular flexibility index (Phi) is 5.83. The van der Waals surface area contributed by atoms with Crippen molar-refractivity contribution in [2.45, 2.75) is 39.4 Å². The van der Waals surface area contributed by atoms with Crippen LogP contribution in [-0.4, -0.2) is 39.4 Å². The molecule has 0 saturated heterocycles. The molecule has 1 aliphatic rings. The lowest BCUT2D eigenvalue weighted by atomic mass is 10.1. The topological polar surface area (TPSA) is 76.2 Å². The Morgan fingerprint density at radius 3 is 2.44 bits per heavy atom. The Hall–Kier alpha value is -3.10. The summed E-state index contributed by atoms with van der Waals surface area (Å²) in [4.78, 5) is 18.2. The molecular weight excluding hydrogens is 412 g/mol. The number of hydrogen-bond donors (Lipinski definition) is 2. The number of anilines is 2. The lowest BCUT2D eigenvalue weighted by molar-refractivity contribution is -0.112. The van der Waals surface area contributed by atoms with Crippen molar-refractivity contribution >= 4 is 17.8 Å². The van der Waals surface area contributed by atoms with Gasteiger partial charge in [-0.1, -0.05) is 0 Å². The molecule has 1 aromatic heterocycles. The second-order valence-corrected chi connectivity index (χ2v) is 8.77. The number of imidazole rings is 1. The highest BCUT2D eigenvalue weighted by molar-refractivity contribution is 5.77. The molecule has 0 bridgehead atoms. The Bertz CT molecular complexity index is 1130. The van der Waals surface area contributed by atoms with Gasteiger partial charge in [-0.25, -0.2) is 13.8 Å². The SMILES string of the molecule is Cc1cc(Nc2c(-c3ccc(F)cc3)nc3n2CCN(CC(C)(N)C=O)C3)cc(C)c1F. The predicted molar refractivity (Wildman–Crippen MR) is 121 cm³/mol. The van der Waals surface area contributed by atoms with Crippen LogP contribution in [0.5, 0.6) is 0 Å². The highest BCUT2D eigenvalue weighted by atomic mass is 19.1. The summed E-state index contributed by atoms with van der Waals surface area (Å²) in [6.07, 6.45) is 0.768. The largest absolute Gasteiger partial charge is 0.340 e. The van der Waals surface area contributed by atoms with E-state index < -0.39 is 5.54 Å². The predicted octanol–water partition coefficient (Wildman–Crippen LogP) is 3.92. The van der Waals surface area contributed by atoms with E-state index in [4.69, 9.17) is 10.7 Å². The number of carbonyl (C=O) groups is 1. The lowest BCUT2D eigenvalue weighted by Crippen LogP contribution is -2.50. The number of nitrogens with zero attached hydrogens (tertiary/aromatic N) is 3. The van der Waals surface area contributed by atoms with Gasteiger partial charge in [-0.2, -0.15) is 0 Å². The molecule has 32 heavy (non-hydrogen) atoms. The van der Waals surface area contributed by atoms with Gasteiger partial charge in [0.1, 0.15) is 35.3 Å². The molecule has 0 saturated carbocycles. The van der Waals surface area contributed by atoms with E-state index >= 15 is 0 Å². The number of halogens is 2. The van der Waals surface area contributed by atoms with Gasteiger partial charge in [0.05, 0.1) is 12.1 Å². The summed E-state index contributed by atoms with van der Waals surface area (Å²) in [5.74, 6) is 1.04. The van der Waals surface area contributed by atoms with Crippen LogP contribution in [0.1, 0.15) is 23.9 Å². The van der Waals surface area contributed by atoms with Crippen molar-refractivity contribution in [3.8, 4) is 11.3 Å². The molecule has 0 spiro atoms. The minimum absolute atomic E-state index is 0.222. The number of nitrogens with two attached hydrogens (primary N) is 1. The van der Waals surface area contributed by atoms with Gasteiger partial charge in [0.25, 0.3) is 0 Å². The molecule has 1 aliphatic heterocycles. The van der Waals surface area contributed by atoms with Gasteiger partial charge < -0.3 is 20.4 Å². The highest BCUT2D eigenvalue weighted by Crippen LogP contribution is 2.34. The van der Waals surface area contributed by atoms with Crippen LogP contribution in [0.25, 0.3) is 11.3 Å². The van der Waals surface area contributed by atoms with Gasteiger partial charge in [0, 0.05) is 30.9 Å². The number of nitrogens with one attached hydrogen (secondary N) is 1. The van der Waals surface area contributed by atoms with Crippen LogP contribution in [0.3, 0.4) is 0 Å². The van der Waals surface area contributed by atoms with E-state index in [1.807, 2.05) is 0 Å². The van der Waals surface area contributed by atoms with Crippen molar-refractivity contribution in [3.05, 3.63) is 65.0 Å². The molecule has 2 aromatic carbocycles. The van der Waals surface area contributed by atoms with Crippen LogP contribution >= 0.6 is 0 Å². The van der Waals surface area contributed by atoms with Crippen molar-refractivity contribution in [1.29, 1.82) is 0 Å². The van der Waals surface area contributed by atoms with E-state index in [1.165, 1.54) is 12.1 Å². The van der Waals surface area contributed by atoms with Crippen LogP contribution < -0.4 is 11.1 Å². The Morgan fingerprint density at radius 1 is 1.16 bits per heavy atom. The molecule has 3 N–H and O–H groups in total. The fraction of sp³-hybridized carbons (Fsp3) is 0.333. The molecule has 0 radical (unpaired) electrons. The first-order valence-corrected chi connectivity index (χ1v) is 10.5. The minimum Gasteiger partial charge on any atom is -0.340 e. The number of rotatable bonds is 6. The van der Waals surface area contributed by atoms with E-state index in [1.54, 1.807) is 45.0 Å². The maximum absolute atomic E-state index is 14.1. The molecule has 0 fully saturated rings. The molecule has 6 nitrogen and oxygen atoms in total. The molecule has 0 aliphatic carbocycles. The number of benzene rings is 2. The zero-order valence-electron chi connectivity index (χ0n) is 18.5. The van der Waals surface area contributed by atoms with E-state index in [2.05, 4.69) is 14.8 Å². The van der Waals surface area contributed by atoms with Gasteiger partial charge in [0.2, 0.25) is 0 Å². The second kappa shape index (κ2) is 8.44. The number of carbonyl (C=O) groups excluding carboxylic acids is 1. The van der Waals surface area contributed by atoms with Crippen LogP contribution in [0.4, 0.5) is 20.3 Å². The molecule has 8 heteroatoms. The molecule has 0 amide bonds. The first kappa shape index (κ1) is 22.1. The molecule has 2 heterocycles. The number of hydrogen-bond acceptors (Lipinski definition) is 5. The van der Waals surface area contributed by atoms with Crippen molar-refractivity contribution in [2.75, 3.05) is 18.4 Å². The quantitative estimate of drug-likeness (QED) is 0.570. The van der Waals surface area contributed by atoms with E-state index in [-0.39, 0.29) is 11.6 Å². The fourth-order valence-corrected chi connectivity index (χ4v) is 4.13. The van der Waals surface area contributed by atoms with Gasteiger partial charge in [-0.3, -0.25) is 4.90 Å². The molecule has 1 atom stereocenters. The van der Waals surface area contributed by atoms with E-state index in [9.17, 15) is 13.6 Å². The number of aryl methyl sites for hydroxylation is 2. The first-order chi connectivity index (χ1) is 15.2. The maximum Gasteiger partial charge on any atom is 0.140 e. The standard InChI is InChI=1S/C24H27F2N5O/c1-15-10-19(11-16(2)21(15)26)28-23-22(17-4-6-18(25)7-5-17)29-20-12-30(8-9-31(20)23)13-24(3,27)14-32/h4-7,10-11,14,28H,8-9,12-13,27H2,1-3H3. The van der Waals surface area contributed by atoms with Gasteiger partial charge in [0.15, 0.2) is 0 Å². The van der Waals surface area contributed by atoms with Gasteiger partial charge in [-0.05, 0) is 68.3 Å². The third kappa shape index (κ3) is 4.42. The van der Waals surface area contributed by atoms with Crippen LogP contribution in [0.15, 0.2) is 36.4 Å². The summed E-state index contributed by atoms with van der Waals surface area (Å²) < 4.78 is 29.7. The Labute approximate surface area is 186 Å². The highest BCUT2D eigenvalue weighted by Gasteiger charge is 2.28. The van der Waals surface area contributed by atoms with Gasteiger partial charge in [-0.15, -0.1) is 0 Å². The van der Waals surface area contributed by atoms with Crippen LogP contribution in [0, 0.1) is 25.5 Å². The third-order valence-corrected chi connectivity index (χ3v) is 5.70. The smallest absolute Gasteiger partial charge is 0.140 e. The molecular formula is C24H27F2N5O. The van der Waals surface area contributed by atoms with Gasteiger partial charge >= 0.3 is 0 Å². The first-order valence-electron chi connectivity index (χ1n) is 10.5. The average molecular weight is 440 g/mol. The normalized spacial score (nSPS) is 15.8.